The number of para-hydroxylation sites is 3. The molecule has 0 bridgehead atoms. The molecule has 4 rings (SSSR count). The molecule has 4 heteroatoms. The molecule has 1 aliphatic heterocycles. The Morgan fingerprint density at radius 3 is 1.29 bits per heavy atom. The maximum Gasteiger partial charge on any atom is 0.0969 e. The molecule has 0 atom stereocenters. The molecule has 0 saturated carbocycles. The van der Waals surface area contributed by atoms with Gasteiger partial charge in [0.15, 0.2) is 0 Å². The predicted octanol–water partition coefficient (Wildman–Crippen LogP) is 4.94. The molecule has 0 unspecified atom stereocenters. The Bertz CT molecular complexity index is 650. The molecular formula is C20H20N3P. The van der Waals surface area contributed by atoms with Crippen molar-refractivity contribution < 1.29 is 0 Å². The first-order valence-corrected chi connectivity index (χ1v) is 9.01. The second-order valence-corrected chi connectivity index (χ2v) is 7.07. The average molecular weight is 333 g/mol. The second kappa shape index (κ2) is 6.94. The van der Waals surface area contributed by atoms with Gasteiger partial charge in [-0.1, -0.05) is 54.6 Å². The molecule has 3 nitrogen and oxygen atoms in total. The predicted molar refractivity (Wildman–Crippen MR) is 105 cm³/mol. The summed E-state index contributed by atoms with van der Waals surface area (Å²) in [4.78, 5) is 2.41. The van der Waals surface area contributed by atoms with Gasteiger partial charge in [0.25, 0.3) is 0 Å². The van der Waals surface area contributed by atoms with Crippen molar-refractivity contribution in [1.29, 1.82) is 0 Å². The van der Waals surface area contributed by atoms with Gasteiger partial charge in [0.1, 0.15) is 0 Å². The van der Waals surface area contributed by atoms with E-state index in [1.54, 1.807) is 0 Å². The van der Waals surface area contributed by atoms with Crippen LogP contribution in [0, 0.1) is 0 Å². The van der Waals surface area contributed by atoms with Gasteiger partial charge < -0.3 is 14.2 Å². The van der Waals surface area contributed by atoms with E-state index in [1.807, 2.05) is 0 Å². The molecule has 0 aliphatic carbocycles. The van der Waals surface area contributed by atoms with Crippen molar-refractivity contribution in [2.24, 2.45) is 0 Å². The van der Waals surface area contributed by atoms with Crippen molar-refractivity contribution in [3.63, 3.8) is 0 Å². The van der Waals surface area contributed by atoms with Crippen molar-refractivity contribution in [2.75, 3.05) is 27.6 Å². The summed E-state index contributed by atoms with van der Waals surface area (Å²) >= 11 is 0. The smallest absolute Gasteiger partial charge is 0.0969 e. The molecule has 24 heavy (non-hydrogen) atoms. The van der Waals surface area contributed by atoms with E-state index in [-0.39, 0.29) is 0 Å². The molecule has 0 amide bonds. The van der Waals surface area contributed by atoms with Crippen LogP contribution in [-0.4, -0.2) is 13.3 Å². The maximum atomic E-state index is 2.43. The summed E-state index contributed by atoms with van der Waals surface area (Å²) < 4.78 is 4.87. The number of hydrogen-bond donors (Lipinski definition) is 0. The first-order chi connectivity index (χ1) is 11.9. The van der Waals surface area contributed by atoms with Gasteiger partial charge in [0, 0.05) is 17.1 Å². The van der Waals surface area contributed by atoms with Crippen LogP contribution in [0.15, 0.2) is 91.0 Å². The topological polar surface area (TPSA) is 9.72 Å². The van der Waals surface area contributed by atoms with Gasteiger partial charge in [0.05, 0.1) is 22.2 Å². The molecule has 1 aliphatic rings. The lowest BCUT2D eigenvalue weighted by Crippen LogP contribution is -2.46. The molecule has 0 spiro atoms. The molecule has 3 aromatic rings. The van der Waals surface area contributed by atoms with E-state index < -0.39 is 0 Å². The van der Waals surface area contributed by atoms with E-state index in [4.69, 9.17) is 0 Å². The van der Waals surface area contributed by atoms with Gasteiger partial charge in [-0.25, -0.2) is 0 Å². The first kappa shape index (κ1) is 15.0. The van der Waals surface area contributed by atoms with Gasteiger partial charge in [-0.3, -0.25) is 0 Å². The molecule has 0 radical (unpaired) electrons. The highest BCUT2D eigenvalue weighted by molar-refractivity contribution is 7.42. The van der Waals surface area contributed by atoms with Gasteiger partial charge in [-0.05, 0) is 36.4 Å². The molecule has 0 N–H and O–H groups in total. The van der Waals surface area contributed by atoms with E-state index in [0.29, 0.717) is 8.88 Å². The number of rotatable bonds is 3. The first-order valence-electron chi connectivity index (χ1n) is 8.11. The lowest BCUT2D eigenvalue weighted by molar-refractivity contribution is 0.792. The summed E-state index contributed by atoms with van der Waals surface area (Å²) in [6.45, 7) is 1.80. The SMILES string of the molecule is c1ccc(N2CN(c3ccccc3)PN(c3ccccc3)C2)cc1. The third kappa shape index (κ3) is 3.22. The quantitative estimate of drug-likeness (QED) is 0.628. The van der Waals surface area contributed by atoms with Crippen LogP contribution < -0.4 is 14.2 Å². The molecule has 3 aromatic carbocycles. The van der Waals surface area contributed by atoms with Crippen LogP contribution in [0.4, 0.5) is 17.1 Å². The highest BCUT2D eigenvalue weighted by Gasteiger charge is 2.24. The summed E-state index contributed by atoms with van der Waals surface area (Å²) in [5.74, 6) is 0. The third-order valence-electron chi connectivity index (χ3n) is 4.12. The standard InChI is InChI=1S/C20H20N3P/c1-4-10-18(11-5-1)21-16-22(19-12-6-2-7-13-19)24-23(17-21)20-14-8-3-9-15-20/h1-15,24H,16-17H2. The zero-order valence-electron chi connectivity index (χ0n) is 13.4. The van der Waals surface area contributed by atoms with Crippen LogP contribution >= 0.6 is 8.88 Å². The van der Waals surface area contributed by atoms with Crippen LogP contribution in [0.5, 0.6) is 0 Å². The van der Waals surface area contributed by atoms with Crippen LogP contribution in [0.1, 0.15) is 0 Å². The van der Waals surface area contributed by atoms with E-state index in [9.17, 15) is 0 Å². The molecule has 1 heterocycles. The summed E-state index contributed by atoms with van der Waals surface area (Å²) in [5.41, 5.74) is 3.78. The lowest BCUT2D eigenvalue weighted by atomic mass is 10.3. The second-order valence-electron chi connectivity index (χ2n) is 5.79. The number of nitrogens with zero attached hydrogens (tertiary/aromatic N) is 3. The highest BCUT2D eigenvalue weighted by atomic mass is 31.1. The number of benzene rings is 3. The summed E-state index contributed by atoms with van der Waals surface area (Å²) in [6, 6.07) is 31.9. The Morgan fingerprint density at radius 1 is 0.500 bits per heavy atom. The van der Waals surface area contributed by atoms with Gasteiger partial charge >= 0.3 is 0 Å². The molecule has 1 saturated heterocycles. The largest absolute Gasteiger partial charge is 0.335 e. The monoisotopic (exact) mass is 333 g/mol. The fourth-order valence-electron chi connectivity index (χ4n) is 2.89. The van der Waals surface area contributed by atoms with Gasteiger partial charge in [0.2, 0.25) is 0 Å². The number of hydrogen-bond acceptors (Lipinski definition) is 3. The summed E-state index contributed by atoms with van der Waals surface area (Å²) in [5, 5.41) is 0. The van der Waals surface area contributed by atoms with Crippen molar-refractivity contribution in [1.82, 2.24) is 0 Å². The Morgan fingerprint density at radius 2 is 0.875 bits per heavy atom. The van der Waals surface area contributed by atoms with Crippen LogP contribution in [0.3, 0.4) is 0 Å². The number of anilines is 3. The van der Waals surface area contributed by atoms with Crippen LogP contribution in [0.25, 0.3) is 0 Å². The normalized spacial score (nSPS) is 14.8. The summed E-state index contributed by atoms with van der Waals surface area (Å²) in [6.07, 6.45) is 0. The Labute approximate surface area is 145 Å². The van der Waals surface area contributed by atoms with Gasteiger partial charge in [-0.2, -0.15) is 0 Å². The van der Waals surface area contributed by atoms with Crippen molar-refractivity contribution in [3.05, 3.63) is 91.0 Å². The van der Waals surface area contributed by atoms with E-state index in [0.717, 1.165) is 13.3 Å². The minimum Gasteiger partial charge on any atom is -0.335 e. The van der Waals surface area contributed by atoms with Crippen molar-refractivity contribution >= 4 is 25.9 Å². The van der Waals surface area contributed by atoms with E-state index in [1.165, 1.54) is 17.1 Å². The minimum atomic E-state index is 0.595. The zero-order chi connectivity index (χ0) is 16.2. The average Bonchev–Trinajstić information content (AvgIpc) is 2.70. The van der Waals surface area contributed by atoms with E-state index in [2.05, 4.69) is 105 Å². The van der Waals surface area contributed by atoms with Gasteiger partial charge in [-0.15, -0.1) is 0 Å². The highest BCUT2D eigenvalue weighted by Crippen LogP contribution is 2.39. The van der Waals surface area contributed by atoms with E-state index >= 15 is 0 Å². The van der Waals surface area contributed by atoms with Crippen LogP contribution in [0.2, 0.25) is 0 Å². The molecule has 1 fully saturated rings. The lowest BCUT2D eigenvalue weighted by Gasteiger charge is -2.44. The van der Waals surface area contributed by atoms with Crippen molar-refractivity contribution in [3.8, 4) is 0 Å². The van der Waals surface area contributed by atoms with Crippen molar-refractivity contribution in [2.45, 2.75) is 0 Å². The Kier molecular flexibility index (Phi) is 4.35. The fraction of sp³-hybridized carbons (Fsp3) is 0.100. The maximum absolute atomic E-state index is 2.43. The van der Waals surface area contributed by atoms with Crippen LogP contribution in [-0.2, 0) is 0 Å². The summed E-state index contributed by atoms with van der Waals surface area (Å²) in [7, 11) is 0.595. The molecular weight excluding hydrogens is 313 g/mol. The fourth-order valence-corrected chi connectivity index (χ4v) is 4.18. The minimum absolute atomic E-state index is 0.595. The molecule has 0 aromatic heterocycles. The Balaban J connectivity index is 1.66. The molecule has 120 valence electrons. The third-order valence-corrected chi connectivity index (χ3v) is 5.40. The Hall–Kier alpha value is -2.51. The zero-order valence-corrected chi connectivity index (χ0v) is 14.4.